The lowest BCUT2D eigenvalue weighted by molar-refractivity contribution is -0.121. The lowest BCUT2D eigenvalue weighted by Crippen LogP contribution is -2.42. The number of aryl methyl sites for hydroxylation is 1. The number of hydrogen-bond donors (Lipinski definition) is 2. The third-order valence-corrected chi connectivity index (χ3v) is 4.43. The highest BCUT2D eigenvalue weighted by atomic mass is 16.4. The van der Waals surface area contributed by atoms with Crippen LogP contribution in [-0.4, -0.2) is 34.5 Å². The summed E-state index contributed by atoms with van der Waals surface area (Å²) in [4.78, 5) is 25.8. The van der Waals surface area contributed by atoms with Gasteiger partial charge in [0.1, 0.15) is 0 Å². The monoisotopic (exact) mass is 354 g/mol. The molecule has 5 nitrogen and oxygen atoms in total. The van der Waals surface area contributed by atoms with Gasteiger partial charge < -0.3 is 10.4 Å². The molecule has 1 amide bonds. The first-order valence-corrected chi connectivity index (χ1v) is 8.85. The summed E-state index contributed by atoms with van der Waals surface area (Å²) in [7, 11) is 0. The van der Waals surface area contributed by atoms with Crippen LogP contribution in [0.2, 0.25) is 0 Å². The zero-order chi connectivity index (χ0) is 19.1. The minimum absolute atomic E-state index is 0.0464. The number of anilines is 1. The zero-order valence-corrected chi connectivity index (χ0v) is 15.5. The van der Waals surface area contributed by atoms with E-state index in [0.717, 1.165) is 29.8 Å². The lowest BCUT2D eigenvalue weighted by Gasteiger charge is -2.28. The van der Waals surface area contributed by atoms with Crippen molar-refractivity contribution >= 4 is 17.6 Å². The molecule has 0 heterocycles. The first kappa shape index (κ1) is 19.7. The molecule has 2 N–H and O–H groups in total. The molecule has 2 aromatic rings. The molecule has 138 valence electrons. The molecule has 2 aromatic carbocycles. The number of rotatable bonds is 8. The molecule has 26 heavy (non-hydrogen) atoms. The van der Waals surface area contributed by atoms with Crippen molar-refractivity contribution in [2.24, 2.45) is 0 Å². The Labute approximate surface area is 154 Å². The third-order valence-electron chi connectivity index (χ3n) is 4.43. The van der Waals surface area contributed by atoms with E-state index in [4.69, 9.17) is 5.11 Å². The average molecular weight is 354 g/mol. The molecule has 0 aliphatic rings. The second-order valence-electron chi connectivity index (χ2n) is 6.45. The highest BCUT2D eigenvalue weighted by molar-refractivity contribution is 5.95. The lowest BCUT2D eigenvalue weighted by atomic mass is 10.1. The number of benzene rings is 2. The van der Waals surface area contributed by atoms with E-state index in [0.29, 0.717) is 6.54 Å². The molecule has 0 saturated heterocycles. The maximum Gasteiger partial charge on any atom is 0.335 e. The van der Waals surface area contributed by atoms with Gasteiger partial charge in [-0.25, -0.2) is 4.79 Å². The van der Waals surface area contributed by atoms with Gasteiger partial charge in [0.05, 0.1) is 11.6 Å². The van der Waals surface area contributed by atoms with Gasteiger partial charge in [-0.15, -0.1) is 0 Å². The van der Waals surface area contributed by atoms with Crippen molar-refractivity contribution < 1.29 is 14.7 Å². The normalized spacial score (nSPS) is 12.0. The fourth-order valence-electron chi connectivity index (χ4n) is 2.80. The largest absolute Gasteiger partial charge is 0.478 e. The molecule has 0 saturated carbocycles. The van der Waals surface area contributed by atoms with E-state index in [2.05, 4.69) is 17.1 Å². The van der Waals surface area contributed by atoms with E-state index in [1.54, 1.807) is 24.3 Å². The number of para-hydroxylation sites is 1. The van der Waals surface area contributed by atoms with Crippen molar-refractivity contribution in [3.05, 3.63) is 65.2 Å². The molecule has 0 aliphatic heterocycles. The summed E-state index contributed by atoms with van der Waals surface area (Å²) in [5, 5.41) is 12.0. The molecule has 1 unspecified atom stereocenters. The van der Waals surface area contributed by atoms with Gasteiger partial charge in [-0.1, -0.05) is 37.3 Å². The molecule has 0 spiro atoms. The fraction of sp³-hybridized carbons (Fsp3) is 0.333. The molecule has 0 aromatic heterocycles. The van der Waals surface area contributed by atoms with E-state index in [9.17, 15) is 9.59 Å². The standard InChI is InChI=1S/C21H26N2O3/c1-4-13-23(14-17-9-11-18(12-10-17)21(25)26)16(3)20(24)22-19-8-6-5-7-15(19)2/h5-12,16H,4,13-14H2,1-3H3,(H,22,24)(H,25,26). The predicted molar refractivity (Wildman–Crippen MR) is 103 cm³/mol. The van der Waals surface area contributed by atoms with E-state index < -0.39 is 5.97 Å². The summed E-state index contributed by atoms with van der Waals surface area (Å²) in [6, 6.07) is 14.2. The first-order chi connectivity index (χ1) is 12.4. The van der Waals surface area contributed by atoms with Crippen LogP contribution in [0.1, 0.15) is 41.8 Å². The zero-order valence-electron chi connectivity index (χ0n) is 15.5. The van der Waals surface area contributed by atoms with Crippen LogP contribution in [0, 0.1) is 6.92 Å². The Kier molecular flexibility index (Phi) is 6.92. The van der Waals surface area contributed by atoms with Crippen LogP contribution in [0.4, 0.5) is 5.69 Å². The third kappa shape index (κ3) is 5.17. The number of aromatic carboxylic acids is 1. The minimum Gasteiger partial charge on any atom is -0.478 e. The van der Waals surface area contributed by atoms with Crippen LogP contribution in [0.15, 0.2) is 48.5 Å². The second-order valence-corrected chi connectivity index (χ2v) is 6.45. The molecule has 0 fully saturated rings. The molecule has 5 heteroatoms. The summed E-state index contributed by atoms with van der Waals surface area (Å²) in [6.45, 7) is 7.31. The number of carboxylic acids is 1. The number of amides is 1. The highest BCUT2D eigenvalue weighted by Crippen LogP contribution is 2.16. The van der Waals surface area contributed by atoms with Gasteiger partial charge in [-0.3, -0.25) is 9.69 Å². The maximum atomic E-state index is 12.7. The number of carbonyl (C=O) groups excluding carboxylic acids is 1. The summed E-state index contributed by atoms with van der Waals surface area (Å²) in [5.74, 6) is -0.983. The van der Waals surface area contributed by atoms with Crippen molar-refractivity contribution in [3.63, 3.8) is 0 Å². The van der Waals surface area contributed by atoms with E-state index in [-0.39, 0.29) is 17.5 Å². The molecule has 0 bridgehead atoms. The van der Waals surface area contributed by atoms with E-state index in [1.807, 2.05) is 38.1 Å². The van der Waals surface area contributed by atoms with Gasteiger partial charge in [0, 0.05) is 12.2 Å². The highest BCUT2D eigenvalue weighted by Gasteiger charge is 2.21. The van der Waals surface area contributed by atoms with Crippen LogP contribution >= 0.6 is 0 Å². The fourth-order valence-corrected chi connectivity index (χ4v) is 2.80. The quantitative estimate of drug-likeness (QED) is 0.753. The van der Waals surface area contributed by atoms with Crippen molar-refractivity contribution in [1.29, 1.82) is 0 Å². The predicted octanol–water partition coefficient (Wildman–Crippen LogP) is 3.93. The molecule has 2 rings (SSSR count). The first-order valence-electron chi connectivity index (χ1n) is 8.85. The summed E-state index contributed by atoms with van der Waals surface area (Å²) < 4.78 is 0. The minimum atomic E-state index is -0.937. The van der Waals surface area contributed by atoms with Gasteiger partial charge in [0.2, 0.25) is 5.91 Å². The SMILES string of the molecule is CCCN(Cc1ccc(C(=O)O)cc1)C(C)C(=O)Nc1ccccc1C. The Morgan fingerprint density at radius 2 is 1.77 bits per heavy atom. The van der Waals surface area contributed by atoms with Gasteiger partial charge in [0.15, 0.2) is 0 Å². The number of nitrogens with one attached hydrogen (secondary N) is 1. The van der Waals surface area contributed by atoms with E-state index in [1.165, 1.54) is 0 Å². The van der Waals surface area contributed by atoms with Crippen molar-refractivity contribution in [1.82, 2.24) is 4.90 Å². The number of carboxylic acid groups (broad SMARTS) is 1. The smallest absolute Gasteiger partial charge is 0.335 e. The Bertz CT molecular complexity index is 756. The Balaban J connectivity index is 2.08. The van der Waals surface area contributed by atoms with Crippen molar-refractivity contribution in [2.45, 2.75) is 39.8 Å². The van der Waals surface area contributed by atoms with Crippen LogP contribution in [0.3, 0.4) is 0 Å². The molecular formula is C21H26N2O3. The number of hydrogen-bond acceptors (Lipinski definition) is 3. The van der Waals surface area contributed by atoms with Crippen LogP contribution in [-0.2, 0) is 11.3 Å². The summed E-state index contributed by atoms with van der Waals surface area (Å²) >= 11 is 0. The Morgan fingerprint density at radius 3 is 2.35 bits per heavy atom. The Hall–Kier alpha value is -2.66. The molecule has 0 aliphatic carbocycles. The topological polar surface area (TPSA) is 69.6 Å². The van der Waals surface area contributed by atoms with Crippen LogP contribution in [0.5, 0.6) is 0 Å². The van der Waals surface area contributed by atoms with E-state index >= 15 is 0 Å². The van der Waals surface area contributed by atoms with Crippen LogP contribution < -0.4 is 5.32 Å². The number of nitrogens with zero attached hydrogens (tertiary/aromatic N) is 1. The van der Waals surface area contributed by atoms with Gasteiger partial charge >= 0.3 is 5.97 Å². The van der Waals surface area contributed by atoms with Gasteiger partial charge in [-0.05, 0) is 56.1 Å². The van der Waals surface area contributed by atoms with Gasteiger partial charge in [-0.2, -0.15) is 0 Å². The van der Waals surface area contributed by atoms with Crippen LogP contribution in [0.25, 0.3) is 0 Å². The Morgan fingerprint density at radius 1 is 1.12 bits per heavy atom. The van der Waals surface area contributed by atoms with Gasteiger partial charge in [0.25, 0.3) is 0 Å². The maximum absolute atomic E-state index is 12.7. The summed E-state index contributed by atoms with van der Waals surface area (Å²) in [5.41, 5.74) is 3.10. The van der Waals surface area contributed by atoms with Crippen molar-refractivity contribution in [3.8, 4) is 0 Å². The second kappa shape index (κ2) is 9.15. The molecule has 1 atom stereocenters. The van der Waals surface area contributed by atoms with Crippen molar-refractivity contribution in [2.75, 3.05) is 11.9 Å². The summed E-state index contributed by atoms with van der Waals surface area (Å²) in [6.07, 6.45) is 0.926. The average Bonchev–Trinajstić information content (AvgIpc) is 2.63. The molecule has 0 radical (unpaired) electrons. The molecular weight excluding hydrogens is 328 g/mol. The number of carbonyl (C=O) groups is 2.